The number of carbonyl (C=O) groups excluding carboxylic acids is 1. The number of aromatic nitrogens is 1. The lowest BCUT2D eigenvalue weighted by Gasteiger charge is -2.34. The molecule has 0 saturated carbocycles. The molecule has 0 atom stereocenters. The van der Waals surface area contributed by atoms with Gasteiger partial charge in [0.1, 0.15) is 0 Å². The molecule has 0 radical (unpaired) electrons. The van der Waals surface area contributed by atoms with E-state index in [0.29, 0.717) is 5.56 Å². The van der Waals surface area contributed by atoms with E-state index < -0.39 is 0 Å². The molecule has 1 amide bonds. The van der Waals surface area contributed by atoms with Crippen molar-refractivity contribution in [3.8, 4) is 0 Å². The van der Waals surface area contributed by atoms with Gasteiger partial charge in [-0.2, -0.15) is 0 Å². The van der Waals surface area contributed by atoms with Crippen LogP contribution in [0.1, 0.15) is 37.6 Å². The molecule has 1 aromatic heterocycles. The topological polar surface area (TPSA) is 36.4 Å². The van der Waals surface area contributed by atoms with Crippen molar-refractivity contribution in [1.82, 2.24) is 14.8 Å². The molecule has 2 heterocycles. The second kappa shape index (κ2) is 8.64. The first-order chi connectivity index (χ1) is 9.31. The van der Waals surface area contributed by atoms with Gasteiger partial charge in [0.2, 0.25) is 0 Å². The van der Waals surface area contributed by atoms with Gasteiger partial charge in [-0.1, -0.05) is 20.8 Å². The number of rotatable bonds is 3. The summed E-state index contributed by atoms with van der Waals surface area (Å²) >= 11 is 0. The number of pyridine rings is 1. The van der Waals surface area contributed by atoms with E-state index in [4.69, 9.17) is 0 Å². The van der Waals surface area contributed by atoms with Crippen LogP contribution < -0.4 is 0 Å². The first-order valence-electron chi connectivity index (χ1n) is 7.23. The smallest absolute Gasteiger partial charge is 0.255 e. The van der Waals surface area contributed by atoms with Crippen molar-refractivity contribution in [1.29, 1.82) is 0 Å². The highest BCUT2D eigenvalue weighted by molar-refractivity contribution is 5.93. The van der Waals surface area contributed by atoms with Crippen molar-refractivity contribution < 1.29 is 4.79 Å². The lowest BCUT2D eigenvalue weighted by Crippen LogP contribution is -2.48. The van der Waals surface area contributed by atoms with Gasteiger partial charge in [0.25, 0.3) is 5.91 Å². The fourth-order valence-electron chi connectivity index (χ4n) is 2.16. The van der Waals surface area contributed by atoms with E-state index in [-0.39, 0.29) is 5.91 Å². The summed E-state index contributed by atoms with van der Waals surface area (Å²) in [7, 11) is 0. The lowest BCUT2D eigenvalue weighted by molar-refractivity contribution is 0.0637. The maximum Gasteiger partial charge on any atom is 0.255 e. The Bertz CT molecular complexity index is 359. The summed E-state index contributed by atoms with van der Waals surface area (Å²) in [5.74, 6) is 0.106. The van der Waals surface area contributed by atoms with Crippen LogP contribution in [0, 0.1) is 0 Å². The Labute approximate surface area is 116 Å². The Morgan fingerprint density at radius 3 is 2.47 bits per heavy atom. The number of piperazine rings is 1. The van der Waals surface area contributed by atoms with Crippen molar-refractivity contribution >= 4 is 5.91 Å². The third kappa shape index (κ3) is 4.63. The molecule has 0 aliphatic carbocycles. The second-order valence-electron chi connectivity index (χ2n) is 4.38. The summed E-state index contributed by atoms with van der Waals surface area (Å²) in [6.45, 7) is 10.9. The zero-order valence-corrected chi connectivity index (χ0v) is 12.3. The van der Waals surface area contributed by atoms with Gasteiger partial charge in [0.05, 0.1) is 5.56 Å². The molecule has 1 fully saturated rings. The molecule has 1 aromatic rings. The Kier molecular flexibility index (Phi) is 7.11. The average Bonchev–Trinajstić information content (AvgIpc) is 2.51. The number of hydrogen-bond donors (Lipinski definition) is 0. The molecule has 0 unspecified atom stereocenters. The van der Waals surface area contributed by atoms with Gasteiger partial charge >= 0.3 is 0 Å². The van der Waals surface area contributed by atoms with E-state index in [1.165, 1.54) is 6.42 Å². The van der Waals surface area contributed by atoms with Crippen LogP contribution in [-0.2, 0) is 0 Å². The van der Waals surface area contributed by atoms with Crippen LogP contribution in [-0.4, -0.2) is 53.4 Å². The molecule has 0 N–H and O–H groups in total. The molecule has 0 aromatic carbocycles. The van der Waals surface area contributed by atoms with E-state index >= 15 is 0 Å². The number of nitrogens with zero attached hydrogens (tertiary/aromatic N) is 3. The second-order valence-corrected chi connectivity index (χ2v) is 4.38. The highest BCUT2D eigenvalue weighted by atomic mass is 16.2. The van der Waals surface area contributed by atoms with Gasteiger partial charge in [-0.25, -0.2) is 0 Å². The Balaban J connectivity index is 0.000000861. The van der Waals surface area contributed by atoms with Gasteiger partial charge in [-0.05, 0) is 25.1 Å². The van der Waals surface area contributed by atoms with E-state index in [0.717, 1.165) is 32.7 Å². The fourth-order valence-corrected chi connectivity index (χ4v) is 2.16. The summed E-state index contributed by atoms with van der Waals surface area (Å²) < 4.78 is 0. The van der Waals surface area contributed by atoms with E-state index in [9.17, 15) is 4.79 Å². The van der Waals surface area contributed by atoms with Crippen LogP contribution in [0.4, 0.5) is 0 Å². The largest absolute Gasteiger partial charge is 0.336 e. The number of hydrogen-bond acceptors (Lipinski definition) is 3. The number of carbonyl (C=O) groups is 1. The zero-order chi connectivity index (χ0) is 14.1. The molecule has 4 nitrogen and oxygen atoms in total. The predicted molar refractivity (Wildman–Crippen MR) is 78.2 cm³/mol. The van der Waals surface area contributed by atoms with Crippen LogP contribution >= 0.6 is 0 Å². The highest BCUT2D eigenvalue weighted by Crippen LogP contribution is 2.07. The predicted octanol–water partition coefficient (Wildman–Crippen LogP) is 2.28. The lowest BCUT2D eigenvalue weighted by atomic mass is 10.2. The molecular formula is C15H25N3O. The molecule has 1 aliphatic rings. The molecule has 0 bridgehead atoms. The fraction of sp³-hybridized carbons (Fsp3) is 0.600. The van der Waals surface area contributed by atoms with Gasteiger partial charge in [0.15, 0.2) is 0 Å². The van der Waals surface area contributed by atoms with Gasteiger partial charge in [0, 0.05) is 38.6 Å². The minimum absolute atomic E-state index is 0.106. The highest BCUT2D eigenvalue weighted by Gasteiger charge is 2.21. The molecular weight excluding hydrogens is 238 g/mol. The molecule has 0 spiro atoms. The quantitative estimate of drug-likeness (QED) is 0.839. The maximum absolute atomic E-state index is 12.1. The normalized spacial score (nSPS) is 15.6. The van der Waals surface area contributed by atoms with E-state index in [1.54, 1.807) is 18.5 Å². The monoisotopic (exact) mass is 263 g/mol. The molecule has 4 heteroatoms. The van der Waals surface area contributed by atoms with Crippen LogP contribution in [0.15, 0.2) is 24.5 Å². The van der Waals surface area contributed by atoms with Crippen LogP contribution in [0.5, 0.6) is 0 Å². The third-order valence-corrected chi connectivity index (χ3v) is 3.11. The minimum Gasteiger partial charge on any atom is -0.336 e. The van der Waals surface area contributed by atoms with Crippen molar-refractivity contribution in [3.05, 3.63) is 30.1 Å². The summed E-state index contributed by atoms with van der Waals surface area (Å²) in [5, 5.41) is 0. The van der Waals surface area contributed by atoms with Crippen molar-refractivity contribution in [3.63, 3.8) is 0 Å². The standard InChI is InChI=1S/C13H19N3O.C2H6/c1-2-6-15-7-9-16(10-8-15)13(17)12-4-3-5-14-11-12;1-2/h3-5,11H,2,6-10H2,1H3;1-2H3. The Hall–Kier alpha value is -1.42. The summed E-state index contributed by atoms with van der Waals surface area (Å²) in [6.07, 6.45) is 4.51. The van der Waals surface area contributed by atoms with Gasteiger partial charge in [-0.3, -0.25) is 14.7 Å². The van der Waals surface area contributed by atoms with Gasteiger partial charge in [-0.15, -0.1) is 0 Å². The summed E-state index contributed by atoms with van der Waals surface area (Å²) in [4.78, 5) is 20.4. The van der Waals surface area contributed by atoms with Crippen LogP contribution in [0.25, 0.3) is 0 Å². The SMILES string of the molecule is CC.CCCN1CCN(C(=O)c2cccnc2)CC1. The first kappa shape index (κ1) is 15.6. The Morgan fingerprint density at radius 1 is 1.26 bits per heavy atom. The van der Waals surface area contributed by atoms with Crippen molar-refractivity contribution in [2.75, 3.05) is 32.7 Å². The molecule has 1 saturated heterocycles. The van der Waals surface area contributed by atoms with Crippen molar-refractivity contribution in [2.24, 2.45) is 0 Å². The Morgan fingerprint density at radius 2 is 1.95 bits per heavy atom. The van der Waals surface area contributed by atoms with Crippen LogP contribution in [0.3, 0.4) is 0 Å². The number of amides is 1. The van der Waals surface area contributed by atoms with Gasteiger partial charge < -0.3 is 4.90 Å². The molecule has 2 rings (SSSR count). The third-order valence-electron chi connectivity index (χ3n) is 3.11. The zero-order valence-electron chi connectivity index (χ0n) is 12.3. The molecule has 1 aliphatic heterocycles. The van der Waals surface area contributed by atoms with E-state index in [2.05, 4.69) is 16.8 Å². The molecule has 19 heavy (non-hydrogen) atoms. The van der Waals surface area contributed by atoms with Crippen LogP contribution in [0.2, 0.25) is 0 Å². The minimum atomic E-state index is 0.106. The average molecular weight is 263 g/mol. The summed E-state index contributed by atoms with van der Waals surface area (Å²) in [6, 6.07) is 3.63. The molecule has 106 valence electrons. The van der Waals surface area contributed by atoms with Crippen molar-refractivity contribution in [2.45, 2.75) is 27.2 Å². The summed E-state index contributed by atoms with van der Waals surface area (Å²) in [5.41, 5.74) is 0.691. The van der Waals surface area contributed by atoms with E-state index in [1.807, 2.05) is 24.8 Å². The first-order valence-corrected chi connectivity index (χ1v) is 7.23. The maximum atomic E-state index is 12.1.